The van der Waals surface area contributed by atoms with Crippen molar-refractivity contribution in [2.75, 3.05) is 0 Å². The van der Waals surface area contributed by atoms with Crippen LogP contribution in [-0.2, 0) is 4.79 Å². The van der Waals surface area contributed by atoms with Crippen LogP contribution >= 0.6 is 0 Å². The standard InChI is InChI=1S/C19H27FO3/c1-18-5-3-11(21)7-10(18)8-15(22)16-12(18)4-6-19(2)13(16)9-14(20)17(19)23/h8,11-14,16-17,21,23H,3-7,9H2,1-2H3/t11-,12-,13-,14+,16+,17-,18-,19-/m0/s1. The second-order valence-corrected chi connectivity index (χ2v) is 8.87. The molecule has 0 radical (unpaired) electrons. The molecule has 4 aliphatic rings. The maximum atomic E-state index is 14.2. The number of hydrogen-bond donors (Lipinski definition) is 2. The van der Waals surface area contributed by atoms with Crippen LogP contribution in [0.3, 0.4) is 0 Å². The van der Waals surface area contributed by atoms with Gasteiger partial charge in [0.05, 0.1) is 12.2 Å². The van der Waals surface area contributed by atoms with E-state index in [0.717, 1.165) is 31.3 Å². The van der Waals surface area contributed by atoms with Crippen LogP contribution in [0.25, 0.3) is 0 Å². The average Bonchev–Trinajstić information content (AvgIpc) is 2.73. The normalized spacial score (nSPS) is 55.7. The molecule has 4 aliphatic carbocycles. The molecule has 0 spiro atoms. The van der Waals surface area contributed by atoms with Gasteiger partial charge in [-0.15, -0.1) is 0 Å². The summed E-state index contributed by atoms with van der Waals surface area (Å²) >= 11 is 0. The molecule has 3 saturated carbocycles. The van der Waals surface area contributed by atoms with Crippen molar-refractivity contribution in [3.8, 4) is 0 Å². The van der Waals surface area contributed by atoms with Gasteiger partial charge in [0.2, 0.25) is 0 Å². The van der Waals surface area contributed by atoms with Gasteiger partial charge in [-0.05, 0) is 67.3 Å². The average molecular weight is 322 g/mol. The number of allylic oxidation sites excluding steroid dienone is 1. The van der Waals surface area contributed by atoms with Gasteiger partial charge >= 0.3 is 0 Å². The van der Waals surface area contributed by atoms with Crippen molar-refractivity contribution in [3.63, 3.8) is 0 Å². The minimum atomic E-state index is -1.21. The SMILES string of the molecule is C[C@]12CC[C@H]3[C@@H](C(=O)C=C4C[C@@H](O)CC[C@@]43C)[C@@H]1C[C@@H](F)[C@@H]2O. The quantitative estimate of drug-likeness (QED) is 0.721. The van der Waals surface area contributed by atoms with Crippen molar-refractivity contribution in [1.82, 2.24) is 0 Å². The molecule has 3 nitrogen and oxygen atoms in total. The molecule has 23 heavy (non-hydrogen) atoms. The second kappa shape index (κ2) is 4.89. The zero-order valence-corrected chi connectivity index (χ0v) is 14.0. The number of aliphatic hydroxyl groups is 2. The summed E-state index contributed by atoms with van der Waals surface area (Å²) in [5.74, 6) is 0.125. The fourth-order valence-corrected chi connectivity index (χ4v) is 6.33. The Morgan fingerprint density at radius 1 is 1.17 bits per heavy atom. The summed E-state index contributed by atoms with van der Waals surface area (Å²) < 4.78 is 14.2. The van der Waals surface area contributed by atoms with Crippen molar-refractivity contribution in [1.29, 1.82) is 0 Å². The van der Waals surface area contributed by atoms with E-state index < -0.39 is 17.7 Å². The highest BCUT2D eigenvalue weighted by Crippen LogP contribution is 2.64. The van der Waals surface area contributed by atoms with Crippen molar-refractivity contribution in [2.45, 2.75) is 70.8 Å². The Balaban J connectivity index is 1.75. The summed E-state index contributed by atoms with van der Waals surface area (Å²) in [4.78, 5) is 12.9. The van der Waals surface area contributed by atoms with Crippen molar-refractivity contribution in [2.24, 2.45) is 28.6 Å². The van der Waals surface area contributed by atoms with E-state index in [1.165, 1.54) is 0 Å². The third kappa shape index (κ3) is 1.97. The summed E-state index contributed by atoms with van der Waals surface area (Å²) in [5, 5.41) is 20.3. The summed E-state index contributed by atoms with van der Waals surface area (Å²) in [5.41, 5.74) is 0.589. The van der Waals surface area contributed by atoms with E-state index in [0.29, 0.717) is 12.8 Å². The molecular formula is C19H27FO3. The first-order valence-electron chi connectivity index (χ1n) is 9.02. The lowest BCUT2D eigenvalue weighted by molar-refractivity contribution is -0.136. The molecule has 0 aromatic heterocycles. The lowest BCUT2D eigenvalue weighted by Gasteiger charge is -2.56. The highest BCUT2D eigenvalue weighted by Gasteiger charge is 2.63. The van der Waals surface area contributed by atoms with Gasteiger partial charge in [-0.3, -0.25) is 4.79 Å². The molecule has 0 aromatic rings. The molecule has 4 rings (SSSR count). The van der Waals surface area contributed by atoms with E-state index in [1.54, 1.807) is 6.08 Å². The topological polar surface area (TPSA) is 57.5 Å². The van der Waals surface area contributed by atoms with Crippen molar-refractivity contribution in [3.05, 3.63) is 11.6 Å². The zero-order chi connectivity index (χ0) is 16.6. The molecule has 0 heterocycles. The van der Waals surface area contributed by atoms with Crippen LogP contribution < -0.4 is 0 Å². The third-order valence-electron chi connectivity index (χ3n) is 7.85. The number of halogens is 1. The van der Waals surface area contributed by atoms with E-state index in [-0.39, 0.29) is 35.1 Å². The fourth-order valence-electron chi connectivity index (χ4n) is 6.33. The number of fused-ring (bicyclic) bond motifs is 5. The van der Waals surface area contributed by atoms with Gasteiger partial charge in [0.15, 0.2) is 5.78 Å². The van der Waals surface area contributed by atoms with E-state index in [2.05, 4.69) is 6.92 Å². The molecule has 0 amide bonds. The molecule has 0 aliphatic heterocycles. The van der Waals surface area contributed by atoms with E-state index in [4.69, 9.17) is 0 Å². The molecule has 2 N–H and O–H groups in total. The number of carbonyl (C=O) groups excluding carboxylic acids is 1. The Hall–Kier alpha value is -0.740. The lowest BCUT2D eigenvalue weighted by Crippen LogP contribution is -2.54. The molecular weight excluding hydrogens is 295 g/mol. The molecule has 0 unspecified atom stereocenters. The van der Waals surface area contributed by atoms with Crippen molar-refractivity contribution >= 4 is 5.78 Å². The zero-order valence-electron chi connectivity index (χ0n) is 14.0. The van der Waals surface area contributed by atoms with Crippen LogP contribution in [0.2, 0.25) is 0 Å². The largest absolute Gasteiger partial charge is 0.393 e. The Kier molecular flexibility index (Phi) is 3.35. The molecule has 128 valence electrons. The van der Waals surface area contributed by atoms with Crippen LogP contribution in [0.1, 0.15) is 52.4 Å². The Morgan fingerprint density at radius 3 is 2.65 bits per heavy atom. The maximum absolute atomic E-state index is 14.2. The van der Waals surface area contributed by atoms with Gasteiger partial charge in [0.1, 0.15) is 6.17 Å². The maximum Gasteiger partial charge on any atom is 0.159 e. The predicted octanol–water partition coefficient (Wildman–Crippen LogP) is 2.80. The highest BCUT2D eigenvalue weighted by molar-refractivity contribution is 5.94. The lowest BCUT2D eigenvalue weighted by atomic mass is 9.47. The van der Waals surface area contributed by atoms with Crippen LogP contribution in [0.15, 0.2) is 11.6 Å². The predicted molar refractivity (Wildman–Crippen MR) is 84.4 cm³/mol. The third-order valence-corrected chi connectivity index (χ3v) is 7.85. The van der Waals surface area contributed by atoms with Gasteiger partial charge < -0.3 is 10.2 Å². The Morgan fingerprint density at radius 2 is 1.91 bits per heavy atom. The molecule has 0 bridgehead atoms. The monoisotopic (exact) mass is 322 g/mol. The van der Waals surface area contributed by atoms with E-state index in [9.17, 15) is 19.4 Å². The van der Waals surface area contributed by atoms with Gasteiger partial charge in [0, 0.05) is 5.92 Å². The molecule has 0 aromatic carbocycles. The first-order valence-corrected chi connectivity index (χ1v) is 9.02. The van der Waals surface area contributed by atoms with Crippen LogP contribution in [0.5, 0.6) is 0 Å². The first-order chi connectivity index (χ1) is 10.8. The van der Waals surface area contributed by atoms with E-state index in [1.807, 2.05) is 6.92 Å². The molecule has 3 fully saturated rings. The number of ketones is 1. The van der Waals surface area contributed by atoms with Crippen LogP contribution in [0.4, 0.5) is 4.39 Å². The number of rotatable bonds is 0. The number of carbonyl (C=O) groups is 1. The molecule has 0 saturated heterocycles. The molecule has 8 atom stereocenters. The number of aliphatic hydroxyl groups excluding tert-OH is 2. The fraction of sp³-hybridized carbons (Fsp3) is 0.842. The second-order valence-electron chi connectivity index (χ2n) is 8.87. The van der Waals surface area contributed by atoms with Gasteiger partial charge in [-0.1, -0.05) is 19.4 Å². The highest BCUT2D eigenvalue weighted by atomic mass is 19.1. The van der Waals surface area contributed by atoms with Crippen LogP contribution in [-0.4, -0.2) is 34.4 Å². The van der Waals surface area contributed by atoms with Crippen molar-refractivity contribution < 1.29 is 19.4 Å². The Labute approximate surface area is 137 Å². The van der Waals surface area contributed by atoms with Gasteiger partial charge in [-0.2, -0.15) is 0 Å². The number of alkyl halides is 1. The summed E-state index contributed by atoms with van der Waals surface area (Å²) in [6.45, 7) is 4.20. The minimum Gasteiger partial charge on any atom is -0.393 e. The molecule has 4 heteroatoms. The summed E-state index contributed by atoms with van der Waals surface area (Å²) in [7, 11) is 0. The number of hydrogen-bond acceptors (Lipinski definition) is 3. The Bertz CT molecular complexity index is 573. The smallest absolute Gasteiger partial charge is 0.159 e. The summed E-state index contributed by atoms with van der Waals surface area (Å²) in [6, 6.07) is 0. The minimum absolute atomic E-state index is 0.0432. The van der Waals surface area contributed by atoms with Crippen LogP contribution in [0, 0.1) is 28.6 Å². The van der Waals surface area contributed by atoms with E-state index >= 15 is 0 Å². The summed E-state index contributed by atoms with van der Waals surface area (Å²) in [6.07, 6.45) is 3.53. The first kappa shape index (κ1) is 15.8. The van der Waals surface area contributed by atoms with Gasteiger partial charge in [-0.25, -0.2) is 4.39 Å². The van der Waals surface area contributed by atoms with Gasteiger partial charge in [0.25, 0.3) is 0 Å².